The van der Waals surface area contributed by atoms with Gasteiger partial charge < -0.3 is 9.84 Å². The van der Waals surface area contributed by atoms with Crippen molar-refractivity contribution in [3.05, 3.63) is 29.1 Å². The highest BCUT2D eigenvalue weighted by Gasteiger charge is 2.10. The van der Waals surface area contributed by atoms with Gasteiger partial charge in [-0.05, 0) is 12.1 Å². The van der Waals surface area contributed by atoms with Crippen molar-refractivity contribution in [1.82, 2.24) is 0 Å². The predicted octanol–water partition coefficient (Wildman–Crippen LogP) is 2.40. The van der Waals surface area contributed by atoms with Crippen molar-refractivity contribution in [3.63, 3.8) is 0 Å². The monoisotopic (exact) mass is 194 g/mol. The standard InChI is InChI=1S/C10H10O2S/c1-12-10-7-4-2-3-5-8(7)13-9(10)6-11/h2-5,11H,6H2,1H3. The van der Waals surface area contributed by atoms with Crippen LogP contribution >= 0.6 is 11.3 Å². The van der Waals surface area contributed by atoms with Gasteiger partial charge in [0.2, 0.25) is 0 Å². The van der Waals surface area contributed by atoms with Gasteiger partial charge in [-0.3, -0.25) is 0 Å². The summed E-state index contributed by atoms with van der Waals surface area (Å²) in [6.07, 6.45) is 0. The molecule has 1 aromatic carbocycles. The highest BCUT2D eigenvalue weighted by Crippen LogP contribution is 2.37. The highest BCUT2D eigenvalue weighted by molar-refractivity contribution is 7.19. The van der Waals surface area contributed by atoms with Crippen LogP contribution in [0.4, 0.5) is 0 Å². The number of ether oxygens (including phenoxy) is 1. The number of hydrogen-bond donors (Lipinski definition) is 1. The molecule has 0 aliphatic heterocycles. The summed E-state index contributed by atoms with van der Waals surface area (Å²) < 4.78 is 6.40. The number of rotatable bonds is 2. The molecule has 1 heterocycles. The van der Waals surface area contributed by atoms with E-state index in [1.807, 2.05) is 24.3 Å². The number of benzene rings is 1. The molecule has 0 atom stereocenters. The summed E-state index contributed by atoms with van der Waals surface area (Å²) >= 11 is 1.57. The second-order valence-electron chi connectivity index (χ2n) is 2.71. The van der Waals surface area contributed by atoms with Crippen molar-refractivity contribution in [2.75, 3.05) is 7.11 Å². The SMILES string of the molecule is COc1c(CO)sc2ccccc12. The van der Waals surface area contributed by atoms with Crippen LogP contribution in [0.3, 0.4) is 0 Å². The molecule has 0 fully saturated rings. The zero-order valence-corrected chi connectivity index (χ0v) is 8.10. The number of hydrogen-bond acceptors (Lipinski definition) is 3. The Morgan fingerprint density at radius 2 is 2.15 bits per heavy atom. The number of aliphatic hydroxyl groups excluding tert-OH is 1. The molecule has 2 rings (SSSR count). The molecule has 0 spiro atoms. The molecule has 2 nitrogen and oxygen atoms in total. The second-order valence-corrected chi connectivity index (χ2v) is 3.85. The van der Waals surface area contributed by atoms with E-state index in [9.17, 15) is 0 Å². The molecule has 13 heavy (non-hydrogen) atoms. The maximum absolute atomic E-state index is 9.08. The van der Waals surface area contributed by atoms with Gasteiger partial charge in [0.1, 0.15) is 5.75 Å². The number of thiophene rings is 1. The lowest BCUT2D eigenvalue weighted by Gasteiger charge is -1.98. The van der Waals surface area contributed by atoms with Crippen LogP contribution in [0.25, 0.3) is 10.1 Å². The van der Waals surface area contributed by atoms with Crippen molar-refractivity contribution in [2.45, 2.75) is 6.61 Å². The van der Waals surface area contributed by atoms with Gasteiger partial charge in [0.05, 0.1) is 18.6 Å². The Kier molecular flexibility index (Phi) is 2.20. The van der Waals surface area contributed by atoms with Crippen LogP contribution < -0.4 is 4.74 Å². The zero-order chi connectivity index (χ0) is 9.26. The lowest BCUT2D eigenvalue weighted by Crippen LogP contribution is -1.85. The molecule has 0 radical (unpaired) electrons. The minimum Gasteiger partial charge on any atom is -0.495 e. The quantitative estimate of drug-likeness (QED) is 0.795. The zero-order valence-electron chi connectivity index (χ0n) is 7.28. The first-order valence-electron chi connectivity index (χ1n) is 4.02. The largest absolute Gasteiger partial charge is 0.495 e. The molecular formula is C10H10O2S. The van der Waals surface area contributed by atoms with E-state index in [0.29, 0.717) is 0 Å². The van der Waals surface area contributed by atoms with Crippen LogP contribution in [-0.4, -0.2) is 12.2 Å². The van der Waals surface area contributed by atoms with Gasteiger partial charge >= 0.3 is 0 Å². The van der Waals surface area contributed by atoms with Gasteiger partial charge in [-0.2, -0.15) is 0 Å². The maximum Gasteiger partial charge on any atom is 0.142 e. The van der Waals surface area contributed by atoms with Crippen LogP contribution in [-0.2, 0) is 6.61 Å². The molecule has 0 bridgehead atoms. The lowest BCUT2D eigenvalue weighted by molar-refractivity contribution is 0.278. The van der Waals surface area contributed by atoms with Crippen LogP contribution in [0, 0.1) is 0 Å². The van der Waals surface area contributed by atoms with Crippen LogP contribution in [0.1, 0.15) is 4.88 Å². The van der Waals surface area contributed by atoms with E-state index in [2.05, 4.69) is 0 Å². The van der Waals surface area contributed by atoms with E-state index in [4.69, 9.17) is 9.84 Å². The average Bonchev–Trinajstić information content (AvgIpc) is 2.55. The van der Waals surface area contributed by atoms with Gasteiger partial charge in [0, 0.05) is 10.1 Å². The first-order valence-corrected chi connectivity index (χ1v) is 4.83. The summed E-state index contributed by atoms with van der Waals surface area (Å²) in [7, 11) is 1.63. The van der Waals surface area contributed by atoms with E-state index < -0.39 is 0 Å². The summed E-state index contributed by atoms with van der Waals surface area (Å²) in [5, 5.41) is 10.2. The molecule has 0 aliphatic carbocycles. The van der Waals surface area contributed by atoms with E-state index in [1.54, 1.807) is 18.4 Å². The minimum absolute atomic E-state index is 0.0442. The van der Waals surface area contributed by atoms with Gasteiger partial charge in [-0.15, -0.1) is 11.3 Å². The topological polar surface area (TPSA) is 29.5 Å². The van der Waals surface area contributed by atoms with E-state index in [1.165, 1.54) is 0 Å². The van der Waals surface area contributed by atoms with Crippen LogP contribution in [0.5, 0.6) is 5.75 Å². The number of aliphatic hydroxyl groups is 1. The third-order valence-electron chi connectivity index (χ3n) is 1.97. The lowest BCUT2D eigenvalue weighted by atomic mass is 10.2. The number of methoxy groups -OCH3 is 1. The fraction of sp³-hybridized carbons (Fsp3) is 0.200. The molecule has 1 aromatic heterocycles. The van der Waals surface area contributed by atoms with E-state index in [-0.39, 0.29) is 6.61 Å². The van der Waals surface area contributed by atoms with Crippen molar-refractivity contribution in [3.8, 4) is 5.75 Å². The van der Waals surface area contributed by atoms with Gasteiger partial charge in [0.15, 0.2) is 0 Å². The highest BCUT2D eigenvalue weighted by atomic mass is 32.1. The Morgan fingerprint density at radius 3 is 2.85 bits per heavy atom. The summed E-state index contributed by atoms with van der Waals surface area (Å²) in [6.45, 7) is 0.0442. The third-order valence-corrected chi connectivity index (χ3v) is 3.10. The fourth-order valence-corrected chi connectivity index (χ4v) is 2.43. The summed E-state index contributed by atoms with van der Waals surface area (Å²) in [4.78, 5) is 0.892. The summed E-state index contributed by atoms with van der Waals surface area (Å²) in [5.41, 5.74) is 0. The smallest absolute Gasteiger partial charge is 0.142 e. The Labute approximate surface area is 80.4 Å². The fourth-order valence-electron chi connectivity index (χ4n) is 1.40. The van der Waals surface area contributed by atoms with Crippen molar-refractivity contribution >= 4 is 21.4 Å². The first kappa shape index (κ1) is 8.53. The van der Waals surface area contributed by atoms with Gasteiger partial charge in [-0.1, -0.05) is 12.1 Å². The average molecular weight is 194 g/mol. The molecule has 1 N–H and O–H groups in total. The molecule has 2 aromatic rings. The predicted molar refractivity (Wildman–Crippen MR) is 54.3 cm³/mol. The van der Waals surface area contributed by atoms with Crippen molar-refractivity contribution in [1.29, 1.82) is 0 Å². The molecule has 0 saturated heterocycles. The van der Waals surface area contributed by atoms with Crippen LogP contribution in [0.15, 0.2) is 24.3 Å². The molecule has 0 saturated carbocycles. The second kappa shape index (κ2) is 3.36. The summed E-state index contributed by atoms with van der Waals surface area (Å²) in [6, 6.07) is 7.99. The molecule has 0 amide bonds. The van der Waals surface area contributed by atoms with Crippen molar-refractivity contribution < 1.29 is 9.84 Å². The van der Waals surface area contributed by atoms with Crippen LogP contribution in [0.2, 0.25) is 0 Å². The Bertz CT molecular complexity index is 420. The first-order chi connectivity index (χ1) is 6.36. The van der Waals surface area contributed by atoms with E-state index >= 15 is 0 Å². The Balaban J connectivity index is 2.73. The van der Waals surface area contributed by atoms with Gasteiger partial charge in [-0.25, -0.2) is 0 Å². The summed E-state index contributed by atoms with van der Waals surface area (Å²) in [5.74, 6) is 0.808. The molecular weight excluding hydrogens is 184 g/mol. The molecule has 0 aliphatic rings. The maximum atomic E-state index is 9.08. The third kappa shape index (κ3) is 1.30. The normalized spacial score (nSPS) is 10.6. The molecule has 68 valence electrons. The molecule has 0 unspecified atom stereocenters. The molecule has 3 heteroatoms. The minimum atomic E-state index is 0.0442. The van der Waals surface area contributed by atoms with Gasteiger partial charge in [0.25, 0.3) is 0 Å². The Hall–Kier alpha value is -1.06. The Morgan fingerprint density at radius 1 is 1.38 bits per heavy atom. The number of fused-ring (bicyclic) bond motifs is 1. The van der Waals surface area contributed by atoms with Crippen molar-refractivity contribution in [2.24, 2.45) is 0 Å². The van der Waals surface area contributed by atoms with E-state index in [0.717, 1.165) is 20.7 Å².